The average Bonchev–Trinajstić information content (AvgIpc) is 2.49. The lowest BCUT2D eigenvalue weighted by atomic mass is 10.0. The van der Waals surface area contributed by atoms with Crippen molar-refractivity contribution >= 4 is 5.69 Å². The highest BCUT2D eigenvalue weighted by molar-refractivity contribution is 5.50. The van der Waals surface area contributed by atoms with Crippen LogP contribution < -0.4 is 10.2 Å². The summed E-state index contributed by atoms with van der Waals surface area (Å²) in [6.07, 6.45) is 4.01. The zero-order valence-electron chi connectivity index (χ0n) is 13.1. The molecule has 1 saturated heterocycles. The van der Waals surface area contributed by atoms with Crippen LogP contribution in [-0.4, -0.2) is 44.7 Å². The lowest BCUT2D eigenvalue weighted by molar-refractivity contribution is 0.252. The van der Waals surface area contributed by atoms with Crippen molar-refractivity contribution in [3.8, 4) is 0 Å². The zero-order valence-corrected chi connectivity index (χ0v) is 13.1. The van der Waals surface area contributed by atoms with Crippen LogP contribution in [-0.2, 0) is 6.54 Å². The van der Waals surface area contributed by atoms with Crippen molar-refractivity contribution in [3.63, 3.8) is 0 Å². The molecule has 0 unspecified atom stereocenters. The molecule has 1 heterocycles. The molecular formula is C17H26FN3. The second-order valence-corrected chi connectivity index (χ2v) is 5.85. The molecule has 1 aromatic rings. The maximum Gasteiger partial charge on any atom is 0.146 e. The van der Waals surface area contributed by atoms with Crippen LogP contribution in [0, 0.1) is 5.82 Å². The van der Waals surface area contributed by atoms with Gasteiger partial charge < -0.3 is 15.1 Å². The Morgan fingerprint density at radius 3 is 2.81 bits per heavy atom. The Balaban J connectivity index is 2.06. The van der Waals surface area contributed by atoms with E-state index < -0.39 is 0 Å². The molecular weight excluding hydrogens is 265 g/mol. The normalized spacial score (nSPS) is 16.9. The van der Waals surface area contributed by atoms with Gasteiger partial charge in [-0.05, 0) is 50.7 Å². The highest BCUT2D eigenvalue weighted by Gasteiger charge is 2.22. The number of nitrogens with one attached hydrogen (secondary N) is 1. The van der Waals surface area contributed by atoms with Crippen molar-refractivity contribution in [1.29, 1.82) is 0 Å². The number of halogens is 1. The lowest BCUT2D eigenvalue weighted by Crippen LogP contribution is -2.42. The monoisotopic (exact) mass is 291 g/mol. The van der Waals surface area contributed by atoms with Crippen LogP contribution in [0.25, 0.3) is 0 Å². The van der Waals surface area contributed by atoms with E-state index in [0.717, 1.165) is 44.6 Å². The molecule has 0 spiro atoms. The largest absolute Gasteiger partial charge is 0.369 e. The fraction of sp³-hybridized carbons (Fsp3) is 0.529. The molecule has 116 valence electrons. The van der Waals surface area contributed by atoms with E-state index in [1.165, 1.54) is 0 Å². The Bertz CT molecular complexity index is 467. The Kier molecular flexibility index (Phi) is 5.76. The van der Waals surface area contributed by atoms with Gasteiger partial charge >= 0.3 is 0 Å². The molecule has 1 N–H and O–H groups in total. The number of anilines is 1. The summed E-state index contributed by atoms with van der Waals surface area (Å²) < 4.78 is 14.2. The van der Waals surface area contributed by atoms with Crippen molar-refractivity contribution in [3.05, 3.63) is 42.2 Å². The fourth-order valence-corrected chi connectivity index (χ4v) is 2.84. The first-order chi connectivity index (χ1) is 10.1. The fourth-order valence-electron chi connectivity index (χ4n) is 2.84. The summed E-state index contributed by atoms with van der Waals surface area (Å²) in [5.74, 6) is -0.135. The van der Waals surface area contributed by atoms with Crippen LogP contribution in [0.1, 0.15) is 18.4 Å². The van der Waals surface area contributed by atoms with Gasteiger partial charge in [0.05, 0.1) is 5.69 Å². The van der Waals surface area contributed by atoms with E-state index in [2.05, 4.69) is 28.7 Å². The van der Waals surface area contributed by atoms with Gasteiger partial charge in [-0.2, -0.15) is 0 Å². The molecule has 0 amide bonds. The van der Waals surface area contributed by atoms with Gasteiger partial charge in [-0.1, -0.05) is 12.1 Å². The molecule has 1 aliphatic rings. The summed E-state index contributed by atoms with van der Waals surface area (Å²) in [5, 5.41) is 3.26. The molecule has 2 rings (SSSR count). The minimum atomic E-state index is -0.135. The Morgan fingerprint density at radius 1 is 1.43 bits per heavy atom. The molecule has 21 heavy (non-hydrogen) atoms. The number of rotatable bonds is 6. The number of likely N-dealkylation sites (tertiary alicyclic amines) is 1. The number of piperidine rings is 1. The number of nitrogens with zero attached hydrogens (tertiary/aromatic N) is 2. The maximum atomic E-state index is 14.2. The third kappa shape index (κ3) is 4.29. The molecule has 3 nitrogen and oxygen atoms in total. The van der Waals surface area contributed by atoms with E-state index in [1.807, 2.05) is 25.3 Å². The van der Waals surface area contributed by atoms with Crippen LogP contribution >= 0.6 is 0 Å². The van der Waals surface area contributed by atoms with Crippen LogP contribution in [0.4, 0.5) is 10.1 Å². The zero-order chi connectivity index (χ0) is 15.2. The van der Waals surface area contributed by atoms with Gasteiger partial charge in [-0.3, -0.25) is 0 Å². The van der Waals surface area contributed by atoms with E-state index in [-0.39, 0.29) is 5.82 Å². The van der Waals surface area contributed by atoms with Crippen LogP contribution in [0.15, 0.2) is 30.9 Å². The molecule has 1 fully saturated rings. The smallest absolute Gasteiger partial charge is 0.146 e. The van der Waals surface area contributed by atoms with Crippen molar-refractivity contribution in [1.82, 2.24) is 10.2 Å². The summed E-state index contributed by atoms with van der Waals surface area (Å²) in [6, 6.07) is 5.81. The molecule has 4 heteroatoms. The van der Waals surface area contributed by atoms with Crippen molar-refractivity contribution in [2.75, 3.05) is 38.6 Å². The molecule has 0 aromatic heterocycles. The molecule has 0 bridgehead atoms. The topological polar surface area (TPSA) is 18.5 Å². The standard InChI is InChI=1S/C17H26FN3/c1-4-9-19-13-14-5-6-16(18)17(12-14)21(3)15-7-10-20(2)11-8-15/h4-6,12,15,19H,1,7-11,13H2,2-3H3. The van der Waals surface area contributed by atoms with E-state index in [0.29, 0.717) is 11.7 Å². The van der Waals surface area contributed by atoms with Gasteiger partial charge in [0.1, 0.15) is 5.82 Å². The summed E-state index contributed by atoms with van der Waals surface area (Å²) in [4.78, 5) is 4.44. The molecule has 0 atom stereocenters. The van der Waals surface area contributed by atoms with Gasteiger partial charge in [0.15, 0.2) is 0 Å². The van der Waals surface area contributed by atoms with Gasteiger partial charge in [-0.25, -0.2) is 4.39 Å². The van der Waals surface area contributed by atoms with E-state index in [1.54, 1.807) is 6.07 Å². The number of benzene rings is 1. The highest BCUT2D eigenvalue weighted by atomic mass is 19.1. The molecule has 0 aliphatic carbocycles. The number of hydrogen-bond donors (Lipinski definition) is 1. The van der Waals surface area contributed by atoms with E-state index in [9.17, 15) is 4.39 Å². The van der Waals surface area contributed by atoms with Crippen molar-refractivity contribution in [2.45, 2.75) is 25.4 Å². The van der Waals surface area contributed by atoms with Crippen LogP contribution in [0.5, 0.6) is 0 Å². The Labute approximate surface area is 127 Å². The second-order valence-electron chi connectivity index (χ2n) is 5.85. The van der Waals surface area contributed by atoms with Crippen molar-refractivity contribution < 1.29 is 4.39 Å². The minimum Gasteiger partial charge on any atom is -0.369 e. The lowest BCUT2D eigenvalue weighted by Gasteiger charge is -2.36. The summed E-state index contributed by atoms with van der Waals surface area (Å²) >= 11 is 0. The SMILES string of the molecule is C=CCNCc1ccc(F)c(N(C)C2CCN(C)CC2)c1. The predicted octanol–water partition coefficient (Wildman–Crippen LogP) is 2.63. The molecule has 0 radical (unpaired) electrons. The van der Waals surface area contributed by atoms with E-state index >= 15 is 0 Å². The number of hydrogen-bond acceptors (Lipinski definition) is 3. The summed E-state index contributed by atoms with van der Waals surface area (Å²) in [5.41, 5.74) is 1.82. The maximum absolute atomic E-state index is 14.2. The third-order valence-electron chi connectivity index (χ3n) is 4.24. The first kappa shape index (κ1) is 16.0. The second kappa shape index (κ2) is 7.57. The van der Waals surface area contributed by atoms with E-state index in [4.69, 9.17) is 0 Å². The molecule has 1 aliphatic heterocycles. The molecule has 1 aromatic carbocycles. The van der Waals surface area contributed by atoms with Gasteiger partial charge in [-0.15, -0.1) is 6.58 Å². The third-order valence-corrected chi connectivity index (χ3v) is 4.24. The Morgan fingerprint density at radius 2 is 2.14 bits per heavy atom. The van der Waals surface area contributed by atoms with Gasteiger partial charge in [0.2, 0.25) is 0 Å². The van der Waals surface area contributed by atoms with Gasteiger partial charge in [0.25, 0.3) is 0 Å². The Hall–Kier alpha value is -1.39. The summed E-state index contributed by atoms with van der Waals surface area (Å²) in [7, 11) is 4.15. The van der Waals surface area contributed by atoms with Crippen LogP contribution in [0.3, 0.4) is 0 Å². The quantitative estimate of drug-likeness (QED) is 0.642. The highest BCUT2D eigenvalue weighted by Crippen LogP contribution is 2.25. The van der Waals surface area contributed by atoms with Crippen molar-refractivity contribution in [2.24, 2.45) is 0 Å². The first-order valence-corrected chi connectivity index (χ1v) is 7.63. The molecule has 0 saturated carbocycles. The van der Waals surface area contributed by atoms with Gasteiger partial charge in [0, 0.05) is 26.2 Å². The predicted molar refractivity (Wildman–Crippen MR) is 87.2 cm³/mol. The van der Waals surface area contributed by atoms with Crippen LogP contribution in [0.2, 0.25) is 0 Å². The minimum absolute atomic E-state index is 0.135. The average molecular weight is 291 g/mol. The first-order valence-electron chi connectivity index (χ1n) is 7.63. The summed E-state index contributed by atoms with van der Waals surface area (Å²) in [6.45, 7) is 7.34.